The van der Waals surface area contributed by atoms with Crippen molar-refractivity contribution in [1.29, 1.82) is 0 Å². The van der Waals surface area contributed by atoms with E-state index in [1.54, 1.807) is 12.1 Å². The molecule has 1 aromatic rings. The highest BCUT2D eigenvalue weighted by Gasteiger charge is 2.28. The second-order valence-corrected chi connectivity index (χ2v) is 3.67. The Morgan fingerprint density at radius 3 is 2.85 bits per heavy atom. The third-order valence-corrected chi connectivity index (χ3v) is 2.83. The fraction of sp³-hybridized carbons (Fsp3) is 0.111. The van der Waals surface area contributed by atoms with Crippen molar-refractivity contribution in [3.05, 3.63) is 33.8 Å². The molecule has 0 bridgehead atoms. The normalized spacial score (nSPS) is 17.9. The Morgan fingerprint density at radius 1 is 1.46 bits per heavy atom. The Hall–Kier alpha value is -1.16. The molecule has 0 radical (unpaired) electrons. The Kier molecular flexibility index (Phi) is 1.92. The van der Waals surface area contributed by atoms with E-state index in [-0.39, 0.29) is 11.5 Å². The van der Waals surface area contributed by atoms with Gasteiger partial charge in [0, 0.05) is 16.5 Å². The molecule has 1 aromatic carbocycles. The van der Waals surface area contributed by atoms with Gasteiger partial charge in [0.1, 0.15) is 5.71 Å². The zero-order valence-corrected chi connectivity index (χ0v) is 8.21. The Labute approximate surface area is 83.2 Å². The van der Waals surface area contributed by atoms with E-state index in [0.717, 1.165) is 10.0 Å². The van der Waals surface area contributed by atoms with E-state index in [1.807, 2.05) is 6.07 Å². The summed E-state index contributed by atoms with van der Waals surface area (Å²) in [6, 6.07) is 5.40. The summed E-state index contributed by atoms with van der Waals surface area (Å²) in [6.07, 6.45) is 0.409. The van der Waals surface area contributed by atoms with Crippen LogP contribution < -0.4 is 0 Å². The SMILES string of the molecule is O=C1C(=NO)Cc2c(Br)cccc21. The number of carbonyl (C=O) groups excluding carboxylic acids is 1. The lowest BCUT2D eigenvalue weighted by Gasteiger charge is -1.97. The third-order valence-electron chi connectivity index (χ3n) is 2.09. The van der Waals surface area contributed by atoms with E-state index in [0.29, 0.717) is 12.0 Å². The van der Waals surface area contributed by atoms with E-state index >= 15 is 0 Å². The van der Waals surface area contributed by atoms with Crippen molar-refractivity contribution in [2.24, 2.45) is 5.16 Å². The number of fused-ring (bicyclic) bond motifs is 1. The van der Waals surface area contributed by atoms with Crippen molar-refractivity contribution in [2.45, 2.75) is 6.42 Å². The van der Waals surface area contributed by atoms with Crippen LogP contribution in [0.25, 0.3) is 0 Å². The van der Waals surface area contributed by atoms with Crippen LogP contribution >= 0.6 is 15.9 Å². The summed E-state index contributed by atoms with van der Waals surface area (Å²) >= 11 is 3.34. The highest BCUT2D eigenvalue weighted by molar-refractivity contribution is 9.10. The molecule has 0 unspecified atom stereocenters. The number of oxime groups is 1. The molecule has 0 aromatic heterocycles. The first-order chi connectivity index (χ1) is 6.24. The number of Topliss-reactive ketones (excluding diaryl/α,β-unsaturated/α-hetero) is 1. The number of hydrogen-bond donors (Lipinski definition) is 1. The molecule has 66 valence electrons. The number of hydrogen-bond acceptors (Lipinski definition) is 3. The minimum absolute atomic E-state index is 0.182. The Balaban J connectivity index is 2.62. The van der Waals surface area contributed by atoms with Gasteiger partial charge in [-0.05, 0) is 11.6 Å². The van der Waals surface area contributed by atoms with Crippen LogP contribution in [0.1, 0.15) is 15.9 Å². The monoisotopic (exact) mass is 239 g/mol. The maximum atomic E-state index is 11.5. The smallest absolute Gasteiger partial charge is 0.211 e. The molecule has 2 rings (SSSR count). The predicted octanol–water partition coefficient (Wildman–Crippen LogP) is 2.02. The lowest BCUT2D eigenvalue weighted by atomic mass is 10.1. The number of halogens is 1. The zero-order valence-electron chi connectivity index (χ0n) is 6.62. The van der Waals surface area contributed by atoms with Crippen LogP contribution in [0, 0.1) is 0 Å². The average Bonchev–Trinajstić information content (AvgIpc) is 2.45. The van der Waals surface area contributed by atoms with Gasteiger partial charge in [0.15, 0.2) is 0 Å². The topological polar surface area (TPSA) is 49.7 Å². The maximum absolute atomic E-state index is 11.5. The highest BCUT2D eigenvalue weighted by Crippen LogP contribution is 2.27. The van der Waals surface area contributed by atoms with Crippen molar-refractivity contribution < 1.29 is 10.0 Å². The van der Waals surface area contributed by atoms with Crippen LogP contribution in [-0.2, 0) is 6.42 Å². The van der Waals surface area contributed by atoms with Crippen LogP contribution in [-0.4, -0.2) is 16.7 Å². The molecule has 0 heterocycles. The highest BCUT2D eigenvalue weighted by atomic mass is 79.9. The van der Waals surface area contributed by atoms with E-state index in [9.17, 15) is 4.79 Å². The van der Waals surface area contributed by atoms with Gasteiger partial charge >= 0.3 is 0 Å². The van der Waals surface area contributed by atoms with Gasteiger partial charge in [0.2, 0.25) is 5.78 Å². The standard InChI is InChI=1S/C9H6BrNO2/c10-7-3-1-2-5-6(7)4-8(11-13)9(5)12/h1-3,13H,4H2. The second-order valence-electron chi connectivity index (χ2n) is 2.82. The predicted molar refractivity (Wildman–Crippen MR) is 51.4 cm³/mol. The number of benzene rings is 1. The summed E-state index contributed by atoms with van der Waals surface area (Å²) < 4.78 is 0.886. The molecule has 1 aliphatic carbocycles. The fourth-order valence-electron chi connectivity index (χ4n) is 1.43. The van der Waals surface area contributed by atoms with Crippen LogP contribution in [0.5, 0.6) is 0 Å². The molecule has 0 spiro atoms. The maximum Gasteiger partial charge on any atom is 0.211 e. The Morgan fingerprint density at radius 2 is 2.23 bits per heavy atom. The van der Waals surface area contributed by atoms with E-state index < -0.39 is 0 Å². The number of carbonyl (C=O) groups is 1. The average molecular weight is 240 g/mol. The summed E-state index contributed by atoms with van der Waals surface area (Å²) in [5, 5.41) is 11.5. The van der Waals surface area contributed by atoms with Gasteiger partial charge < -0.3 is 5.21 Å². The molecule has 0 amide bonds. The van der Waals surface area contributed by atoms with Crippen LogP contribution in [0.3, 0.4) is 0 Å². The molecule has 0 atom stereocenters. The summed E-state index contributed by atoms with van der Waals surface area (Å²) in [4.78, 5) is 11.5. The van der Waals surface area contributed by atoms with Gasteiger partial charge in [0.25, 0.3) is 0 Å². The van der Waals surface area contributed by atoms with Gasteiger partial charge in [-0.25, -0.2) is 0 Å². The summed E-state index contributed by atoms with van der Waals surface area (Å²) in [5.74, 6) is -0.182. The van der Waals surface area contributed by atoms with Crippen molar-refractivity contribution in [1.82, 2.24) is 0 Å². The molecule has 1 N–H and O–H groups in total. The van der Waals surface area contributed by atoms with Crippen molar-refractivity contribution in [3.8, 4) is 0 Å². The van der Waals surface area contributed by atoms with Gasteiger partial charge in [-0.1, -0.05) is 33.2 Å². The summed E-state index contributed by atoms with van der Waals surface area (Å²) in [5.41, 5.74) is 1.74. The molecule has 3 nitrogen and oxygen atoms in total. The number of ketones is 1. The first kappa shape index (κ1) is 8.44. The van der Waals surface area contributed by atoms with Gasteiger partial charge in [-0.2, -0.15) is 0 Å². The molecular weight excluding hydrogens is 234 g/mol. The first-order valence-corrected chi connectivity index (χ1v) is 4.56. The number of rotatable bonds is 0. The van der Waals surface area contributed by atoms with E-state index in [4.69, 9.17) is 5.21 Å². The van der Waals surface area contributed by atoms with Crippen molar-refractivity contribution >= 4 is 27.4 Å². The fourth-order valence-corrected chi connectivity index (χ4v) is 1.94. The summed E-state index contributed by atoms with van der Waals surface area (Å²) in [7, 11) is 0. The molecule has 0 aliphatic heterocycles. The van der Waals surface area contributed by atoms with Crippen molar-refractivity contribution in [3.63, 3.8) is 0 Å². The lowest BCUT2D eigenvalue weighted by molar-refractivity contribution is 0.106. The molecule has 13 heavy (non-hydrogen) atoms. The quantitative estimate of drug-likeness (QED) is 0.557. The largest absolute Gasteiger partial charge is 0.411 e. The van der Waals surface area contributed by atoms with E-state index in [2.05, 4.69) is 21.1 Å². The minimum Gasteiger partial charge on any atom is -0.411 e. The van der Waals surface area contributed by atoms with Crippen molar-refractivity contribution in [2.75, 3.05) is 0 Å². The molecular formula is C9H6BrNO2. The zero-order chi connectivity index (χ0) is 9.42. The Bertz CT molecular complexity index is 412. The molecule has 0 saturated heterocycles. The molecule has 1 aliphatic rings. The first-order valence-electron chi connectivity index (χ1n) is 3.77. The number of nitrogens with zero attached hydrogens (tertiary/aromatic N) is 1. The second kappa shape index (κ2) is 2.96. The lowest BCUT2D eigenvalue weighted by Crippen LogP contribution is -2.06. The molecule has 0 saturated carbocycles. The summed E-state index contributed by atoms with van der Waals surface area (Å²) in [6.45, 7) is 0. The van der Waals surface area contributed by atoms with Gasteiger partial charge in [-0.3, -0.25) is 4.79 Å². The molecule has 4 heteroatoms. The van der Waals surface area contributed by atoms with E-state index in [1.165, 1.54) is 0 Å². The van der Waals surface area contributed by atoms with Crippen LogP contribution in [0.15, 0.2) is 27.8 Å². The third kappa shape index (κ3) is 1.18. The van der Waals surface area contributed by atoms with Gasteiger partial charge in [-0.15, -0.1) is 0 Å². The van der Waals surface area contributed by atoms with Crippen LogP contribution in [0.2, 0.25) is 0 Å². The van der Waals surface area contributed by atoms with Crippen LogP contribution in [0.4, 0.5) is 0 Å². The molecule has 0 fully saturated rings. The minimum atomic E-state index is -0.182. The van der Waals surface area contributed by atoms with Gasteiger partial charge in [0.05, 0.1) is 0 Å².